The van der Waals surface area contributed by atoms with Gasteiger partial charge in [0.15, 0.2) is 11.5 Å². The lowest BCUT2D eigenvalue weighted by Crippen LogP contribution is -2.49. The summed E-state index contributed by atoms with van der Waals surface area (Å²) in [6.07, 6.45) is 0. The Balaban J connectivity index is 1.43. The Kier molecular flexibility index (Phi) is 7.46. The molecule has 9 nitrogen and oxygen atoms in total. The second-order valence-corrected chi connectivity index (χ2v) is 10.2. The standard InChI is InChI=1S/C28H27Cl2N5O4/c1-5-38-28(37)25-26(32-21-14-16(3)15(2)13-20(21)31-25)34-9-11-35(12-10-34)27(36)22-17(4)39-33-24(22)23-18(29)7-6-8-19(23)30/h6-8,13-14H,5,9-12H2,1-4H3. The highest BCUT2D eigenvalue weighted by Crippen LogP contribution is 2.37. The summed E-state index contributed by atoms with van der Waals surface area (Å²) >= 11 is 12.8. The number of halogens is 2. The van der Waals surface area contributed by atoms with Gasteiger partial charge in [-0.3, -0.25) is 4.79 Å². The van der Waals surface area contributed by atoms with E-state index < -0.39 is 5.97 Å². The smallest absolute Gasteiger partial charge is 0.360 e. The molecule has 0 aliphatic carbocycles. The van der Waals surface area contributed by atoms with Crippen LogP contribution in [0.25, 0.3) is 22.3 Å². The van der Waals surface area contributed by atoms with Crippen LogP contribution in [0.1, 0.15) is 44.7 Å². The van der Waals surface area contributed by atoms with E-state index in [2.05, 4.69) is 10.1 Å². The number of nitrogens with zero attached hydrogens (tertiary/aromatic N) is 5. The Morgan fingerprint density at radius 3 is 2.21 bits per heavy atom. The van der Waals surface area contributed by atoms with E-state index in [9.17, 15) is 9.59 Å². The van der Waals surface area contributed by atoms with Crippen molar-refractivity contribution in [2.45, 2.75) is 27.7 Å². The number of anilines is 1. The molecule has 4 aromatic rings. The Hall–Kier alpha value is -3.69. The number of hydrogen-bond acceptors (Lipinski definition) is 8. The van der Waals surface area contributed by atoms with Crippen molar-refractivity contribution in [3.63, 3.8) is 0 Å². The molecule has 3 heterocycles. The average molecular weight is 568 g/mol. The molecule has 0 saturated carbocycles. The Morgan fingerprint density at radius 2 is 1.59 bits per heavy atom. The Bertz CT molecular complexity index is 1570. The minimum atomic E-state index is -0.528. The molecule has 2 aromatic heterocycles. The second kappa shape index (κ2) is 10.8. The van der Waals surface area contributed by atoms with E-state index in [-0.39, 0.29) is 18.2 Å². The molecule has 1 aliphatic rings. The molecular weight excluding hydrogens is 541 g/mol. The van der Waals surface area contributed by atoms with Crippen LogP contribution in [0.5, 0.6) is 0 Å². The molecule has 0 atom stereocenters. The van der Waals surface area contributed by atoms with E-state index in [1.165, 1.54) is 0 Å². The molecule has 11 heteroatoms. The minimum absolute atomic E-state index is 0.165. The zero-order valence-electron chi connectivity index (χ0n) is 22.0. The predicted octanol–water partition coefficient (Wildman–Crippen LogP) is 5.66. The topological polar surface area (TPSA) is 102 Å². The first-order chi connectivity index (χ1) is 18.7. The van der Waals surface area contributed by atoms with Crippen LogP contribution in [0.4, 0.5) is 5.82 Å². The molecule has 0 bridgehead atoms. The number of benzene rings is 2. The van der Waals surface area contributed by atoms with E-state index in [1.807, 2.05) is 30.9 Å². The normalized spacial score (nSPS) is 13.7. The zero-order valence-corrected chi connectivity index (χ0v) is 23.6. The summed E-state index contributed by atoms with van der Waals surface area (Å²) in [5, 5.41) is 4.86. The molecule has 39 heavy (non-hydrogen) atoms. The fourth-order valence-electron chi connectivity index (χ4n) is 4.66. The number of hydrogen-bond donors (Lipinski definition) is 0. The van der Waals surface area contributed by atoms with Crippen molar-refractivity contribution in [3.8, 4) is 11.3 Å². The summed E-state index contributed by atoms with van der Waals surface area (Å²) < 4.78 is 10.7. The maximum absolute atomic E-state index is 13.7. The van der Waals surface area contributed by atoms with E-state index in [0.29, 0.717) is 75.7 Å². The number of carbonyl (C=O) groups is 2. The van der Waals surface area contributed by atoms with Crippen molar-refractivity contribution in [2.75, 3.05) is 37.7 Å². The zero-order chi connectivity index (χ0) is 27.8. The van der Waals surface area contributed by atoms with Crippen molar-refractivity contribution >= 4 is 51.9 Å². The Morgan fingerprint density at radius 1 is 0.974 bits per heavy atom. The van der Waals surface area contributed by atoms with Gasteiger partial charge in [0.05, 0.1) is 27.7 Å². The van der Waals surface area contributed by atoms with Crippen molar-refractivity contribution in [3.05, 3.63) is 68.5 Å². The van der Waals surface area contributed by atoms with Crippen LogP contribution in [0.3, 0.4) is 0 Å². The van der Waals surface area contributed by atoms with Gasteiger partial charge in [0.2, 0.25) is 0 Å². The van der Waals surface area contributed by atoms with Gasteiger partial charge in [-0.15, -0.1) is 0 Å². The lowest BCUT2D eigenvalue weighted by atomic mass is 10.0. The van der Waals surface area contributed by atoms with Gasteiger partial charge >= 0.3 is 5.97 Å². The molecule has 1 aliphatic heterocycles. The third-order valence-electron chi connectivity index (χ3n) is 6.87. The number of aromatic nitrogens is 3. The van der Waals surface area contributed by atoms with Crippen molar-refractivity contribution in [1.29, 1.82) is 0 Å². The molecule has 0 spiro atoms. The molecule has 0 unspecified atom stereocenters. The number of piperazine rings is 1. The van der Waals surface area contributed by atoms with Crippen LogP contribution < -0.4 is 4.90 Å². The first kappa shape index (κ1) is 26.9. The number of rotatable bonds is 5. The van der Waals surface area contributed by atoms with Gasteiger partial charge < -0.3 is 19.1 Å². The van der Waals surface area contributed by atoms with Crippen LogP contribution in [0.15, 0.2) is 34.9 Å². The van der Waals surface area contributed by atoms with Crippen LogP contribution in [-0.4, -0.2) is 64.7 Å². The fourth-order valence-corrected chi connectivity index (χ4v) is 5.23. The summed E-state index contributed by atoms with van der Waals surface area (Å²) in [7, 11) is 0. The monoisotopic (exact) mass is 567 g/mol. The Labute approximate surface area is 235 Å². The van der Waals surface area contributed by atoms with E-state index in [0.717, 1.165) is 11.1 Å². The molecule has 0 radical (unpaired) electrons. The third kappa shape index (κ3) is 5.04. The number of esters is 1. The molecule has 1 fully saturated rings. The number of carbonyl (C=O) groups excluding carboxylic acids is 2. The van der Waals surface area contributed by atoms with Crippen molar-refractivity contribution < 1.29 is 18.8 Å². The number of ether oxygens (including phenoxy) is 1. The predicted molar refractivity (Wildman–Crippen MR) is 150 cm³/mol. The first-order valence-electron chi connectivity index (χ1n) is 12.6. The van der Waals surface area contributed by atoms with Gasteiger partial charge in [0, 0.05) is 31.7 Å². The molecular formula is C28H27Cl2N5O4. The molecule has 1 saturated heterocycles. The van der Waals surface area contributed by atoms with Gasteiger partial charge in [-0.2, -0.15) is 0 Å². The van der Waals surface area contributed by atoms with Gasteiger partial charge in [0.25, 0.3) is 5.91 Å². The molecule has 1 amide bonds. The van der Waals surface area contributed by atoms with E-state index in [4.69, 9.17) is 37.4 Å². The summed E-state index contributed by atoms with van der Waals surface area (Å²) in [5.74, 6) is 0.0609. The fraction of sp³-hybridized carbons (Fsp3) is 0.321. The SMILES string of the molecule is CCOC(=O)c1nc2cc(C)c(C)cc2nc1N1CCN(C(=O)c2c(-c3c(Cl)cccc3Cl)noc2C)CC1. The first-order valence-corrected chi connectivity index (χ1v) is 13.4. The maximum Gasteiger partial charge on any atom is 0.360 e. The van der Waals surface area contributed by atoms with Crippen LogP contribution in [0.2, 0.25) is 10.0 Å². The van der Waals surface area contributed by atoms with E-state index in [1.54, 1.807) is 36.9 Å². The lowest BCUT2D eigenvalue weighted by molar-refractivity contribution is 0.0519. The average Bonchev–Trinajstić information content (AvgIpc) is 3.29. The van der Waals surface area contributed by atoms with E-state index >= 15 is 0 Å². The third-order valence-corrected chi connectivity index (χ3v) is 7.50. The van der Waals surface area contributed by atoms with Crippen LogP contribution >= 0.6 is 23.2 Å². The van der Waals surface area contributed by atoms with Gasteiger partial charge in [-0.1, -0.05) is 34.4 Å². The quantitative estimate of drug-likeness (QED) is 0.285. The second-order valence-electron chi connectivity index (χ2n) is 9.38. The molecule has 202 valence electrons. The van der Waals surface area contributed by atoms with Crippen LogP contribution in [-0.2, 0) is 4.74 Å². The largest absolute Gasteiger partial charge is 0.461 e. The minimum Gasteiger partial charge on any atom is -0.461 e. The summed E-state index contributed by atoms with van der Waals surface area (Å²) in [6.45, 7) is 9.31. The summed E-state index contributed by atoms with van der Waals surface area (Å²) in [6, 6.07) is 8.99. The van der Waals surface area contributed by atoms with Crippen LogP contribution in [0, 0.1) is 20.8 Å². The highest BCUT2D eigenvalue weighted by Gasteiger charge is 2.32. The maximum atomic E-state index is 13.7. The van der Waals surface area contributed by atoms with Gasteiger partial charge in [-0.05, 0) is 63.1 Å². The molecule has 2 aromatic carbocycles. The number of aryl methyl sites for hydroxylation is 3. The number of amides is 1. The highest BCUT2D eigenvalue weighted by atomic mass is 35.5. The van der Waals surface area contributed by atoms with Crippen molar-refractivity contribution in [1.82, 2.24) is 20.0 Å². The summed E-state index contributed by atoms with van der Waals surface area (Å²) in [4.78, 5) is 39.6. The molecule has 0 N–H and O–H groups in total. The lowest BCUT2D eigenvalue weighted by Gasteiger charge is -2.35. The van der Waals surface area contributed by atoms with Gasteiger partial charge in [-0.25, -0.2) is 14.8 Å². The molecule has 5 rings (SSSR count). The van der Waals surface area contributed by atoms with Crippen molar-refractivity contribution in [2.24, 2.45) is 0 Å². The van der Waals surface area contributed by atoms with Gasteiger partial charge in [0.1, 0.15) is 17.0 Å². The number of fused-ring (bicyclic) bond motifs is 1. The highest BCUT2D eigenvalue weighted by molar-refractivity contribution is 6.39. The summed E-state index contributed by atoms with van der Waals surface area (Å²) in [5.41, 5.74) is 4.73.